The summed E-state index contributed by atoms with van der Waals surface area (Å²) in [6, 6.07) is 7.13. The molecule has 0 saturated heterocycles. The maximum Gasteiger partial charge on any atom is 0.421 e. The third-order valence-electron chi connectivity index (χ3n) is 4.25. The zero-order chi connectivity index (χ0) is 25.9. The summed E-state index contributed by atoms with van der Waals surface area (Å²) in [7, 11) is -2.53. The van der Waals surface area contributed by atoms with Gasteiger partial charge in [0, 0.05) is 17.1 Å². The van der Waals surface area contributed by atoms with E-state index in [-0.39, 0.29) is 11.9 Å². The van der Waals surface area contributed by atoms with Crippen molar-refractivity contribution in [2.45, 2.75) is 19.3 Å². The van der Waals surface area contributed by atoms with Crippen molar-refractivity contribution in [3.63, 3.8) is 0 Å². The van der Waals surface area contributed by atoms with Crippen molar-refractivity contribution in [2.75, 3.05) is 18.6 Å². The molecule has 184 valence electrons. The molecule has 0 aliphatic rings. The number of aliphatic imine (C=N–C) groups is 1. The Kier molecular flexibility index (Phi) is 8.03. The fourth-order valence-electron chi connectivity index (χ4n) is 2.66. The molecular weight excluding hydrogens is 488 g/mol. The Balaban J connectivity index is 2.42. The van der Waals surface area contributed by atoms with E-state index in [9.17, 15) is 35.3 Å². The van der Waals surface area contributed by atoms with Gasteiger partial charge < -0.3 is 14.6 Å². The van der Waals surface area contributed by atoms with Crippen LogP contribution in [0.1, 0.15) is 12.5 Å². The molecule has 0 bridgehead atoms. The molecule has 4 nitrogen and oxygen atoms in total. The summed E-state index contributed by atoms with van der Waals surface area (Å²) in [5.41, 5.74) is -2.52. The van der Waals surface area contributed by atoms with E-state index in [1.807, 2.05) is 0 Å². The standard InChI is InChI=1S/C22H20F7N2O2P/c1-5-19(22(27,28)29)20(33-17-11-14(21(24,25)26)10-15(23)12-17)31-13(2)30-16-6-8-18(9-7-16)34(3,4)32/h5-12,30H,2H2,1,3-4H3/b19-5+,31-20+. The number of benzene rings is 2. The van der Waals surface area contributed by atoms with Crippen LogP contribution in [0, 0.1) is 5.82 Å². The number of nitrogens with zero attached hydrogens (tertiary/aromatic N) is 1. The van der Waals surface area contributed by atoms with Gasteiger partial charge in [-0.1, -0.05) is 12.7 Å². The highest BCUT2D eigenvalue weighted by atomic mass is 31.2. The van der Waals surface area contributed by atoms with Gasteiger partial charge in [-0.05, 0) is 56.7 Å². The van der Waals surface area contributed by atoms with Gasteiger partial charge in [0.15, 0.2) is 0 Å². The topological polar surface area (TPSA) is 50.7 Å². The zero-order valence-corrected chi connectivity index (χ0v) is 19.1. The highest BCUT2D eigenvalue weighted by Crippen LogP contribution is 2.35. The van der Waals surface area contributed by atoms with Crippen LogP contribution in [-0.2, 0) is 10.7 Å². The molecule has 0 aliphatic heterocycles. The molecule has 1 N–H and O–H groups in total. The van der Waals surface area contributed by atoms with E-state index in [2.05, 4.69) is 16.9 Å². The van der Waals surface area contributed by atoms with E-state index in [1.165, 1.54) is 12.1 Å². The van der Waals surface area contributed by atoms with Crippen LogP contribution in [-0.4, -0.2) is 25.4 Å². The monoisotopic (exact) mass is 508 g/mol. The van der Waals surface area contributed by atoms with E-state index in [1.54, 1.807) is 25.5 Å². The zero-order valence-electron chi connectivity index (χ0n) is 18.2. The third kappa shape index (κ3) is 7.48. The van der Waals surface area contributed by atoms with Crippen LogP contribution in [0.2, 0.25) is 0 Å². The van der Waals surface area contributed by atoms with Crippen molar-refractivity contribution >= 4 is 24.0 Å². The van der Waals surface area contributed by atoms with Crippen LogP contribution in [0.15, 0.2) is 71.5 Å². The highest BCUT2D eigenvalue weighted by molar-refractivity contribution is 7.70. The van der Waals surface area contributed by atoms with Crippen molar-refractivity contribution in [1.29, 1.82) is 0 Å². The molecule has 0 atom stereocenters. The van der Waals surface area contributed by atoms with Gasteiger partial charge >= 0.3 is 12.4 Å². The molecule has 34 heavy (non-hydrogen) atoms. The molecule has 0 heterocycles. The van der Waals surface area contributed by atoms with Crippen LogP contribution < -0.4 is 15.4 Å². The summed E-state index contributed by atoms with van der Waals surface area (Å²) < 4.78 is 110. The predicted octanol–water partition coefficient (Wildman–Crippen LogP) is 6.96. The molecule has 2 aromatic rings. The molecule has 0 radical (unpaired) electrons. The fraction of sp³-hybridized carbons (Fsp3) is 0.227. The van der Waals surface area contributed by atoms with Crippen molar-refractivity contribution < 1.29 is 40.0 Å². The molecule has 0 spiro atoms. The molecule has 0 saturated carbocycles. The predicted molar refractivity (Wildman–Crippen MR) is 118 cm³/mol. The summed E-state index contributed by atoms with van der Waals surface area (Å²) in [6.45, 7) is 7.65. The first-order valence-electron chi connectivity index (χ1n) is 9.50. The Hall–Kier alpha value is -3.07. The average Bonchev–Trinajstić information content (AvgIpc) is 2.65. The number of rotatable bonds is 6. The van der Waals surface area contributed by atoms with Crippen molar-refractivity contribution in [2.24, 2.45) is 4.99 Å². The van der Waals surface area contributed by atoms with E-state index in [4.69, 9.17) is 4.74 Å². The first-order chi connectivity index (χ1) is 15.5. The van der Waals surface area contributed by atoms with Gasteiger partial charge in [-0.2, -0.15) is 31.3 Å². The summed E-state index contributed by atoms with van der Waals surface area (Å²) in [4.78, 5) is 3.64. The molecule has 0 aromatic heterocycles. The van der Waals surface area contributed by atoms with Gasteiger partial charge in [-0.15, -0.1) is 0 Å². The Labute approximate surface area is 191 Å². The normalized spacial score (nSPS) is 13.6. The maximum absolute atomic E-state index is 13.7. The number of halogens is 7. The highest BCUT2D eigenvalue weighted by Gasteiger charge is 2.38. The van der Waals surface area contributed by atoms with Gasteiger partial charge in [0.2, 0.25) is 5.90 Å². The number of nitrogens with one attached hydrogen (secondary N) is 1. The second-order valence-electron chi connectivity index (χ2n) is 7.36. The summed E-state index contributed by atoms with van der Waals surface area (Å²) in [5.74, 6) is -3.70. The van der Waals surface area contributed by atoms with Gasteiger partial charge in [0.05, 0.1) is 5.56 Å². The number of hydrogen-bond donors (Lipinski definition) is 1. The quantitative estimate of drug-likeness (QED) is 0.199. The van der Waals surface area contributed by atoms with E-state index >= 15 is 0 Å². The van der Waals surface area contributed by atoms with Gasteiger partial charge in [0.1, 0.15) is 30.1 Å². The minimum absolute atomic E-state index is 0.180. The molecule has 2 rings (SSSR count). The minimum Gasteiger partial charge on any atom is -0.438 e. The maximum atomic E-state index is 13.7. The number of allylic oxidation sites excluding steroid dienone is 1. The number of hydrogen-bond acceptors (Lipinski definition) is 4. The van der Waals surface area contributed by atoms with Crippen LogP contribution >= 0.6 is 7.14 Å². The Bertz CT molecular complexity index is 1160. The second kappa shape index (κ2) is 10.0. The number of alkyl halides is 6. The van der Waals surface area contributed by atoms with Gasteiger partial charge in [-0.25, -0.2) is 4.39 Å². The SMILES string of the molecule is C=C(/N=C(Oc1cc(F)cc(C(F)(F)F)c1)\C(=C/C)C(F)(F)F)Nc1ccc(P(C)(C)=O)cc1. The summed E-state index contributed by atoms with van der Waals surface area (Å²) in [6.07, 6.45) is -9.34. The van der Waals surface area contributed by atoms with Crippen LogP contribution in [0.5, 0.6) is 5.75 Å². The van der Waals surface area contributed by atoms with E-state index in [0.717, 1.165) is 6.92 Å². The van der Waals surface area contributed by atoms with Crippen molar-refractivity contribution in [3.8, 4) is 5.75 Å². The first kappa shape index (κ1) is 27.2. The molecule has 0 fully saturated rings. The minimum atomic E-state index is -4.99. The van der Waals surface area contributed by atoms with Crippen LogP contribution in [0.4, 0.5) is 36.4 Å². The smallest absolute Gasteiger partial charge is 0.421 e. The third-order valence-corrected chi connectivity index (χ3v) is 5.79. The molecule has 12 heteroatoms. The summed E-state index contributed by atoms with van der Waals surface area (Å²) in [5, 5.41) is 3.18. The molecule has 0 aliphatic carbocycles. The second-order valence-corrected chi connectivity index (χ2v) is 10.6. The number of anilines is 1. The lowest BCUT2D eigenvalue weighted by molar-refractivity contribution is -0.137. The van der Waals surface area contributed by atoms with Crippen LogP contribution in [0.3, 0.4) is 0 Å². The molecule has 0 unspecified atom stereocenters. The molecule has 0 amide bonds. The first-order valence-corrected chi connectivity index (χ1v) is 12.1. The lowest BCUT2D eigenvalue weighted by Gasteiger charge is -2.17. The number of ether oxygens (including phenoxy) is 1. The van der Waals surface area contributed by atoms with Crippen molar-refractivity contribution in [1.82, 2.24) is 0 Å². The Morgan fingerprint density at radius 2 is 1.65 bits per heavy atom. The Morgan fingerprint density at radius 3 is 2.12 bits per heavy atom. The van der Waals surface area contributed by atoms with Gasteiger partial charge in [0.25, 0.3) is 0 Å². The lowest BCUT2D eigenvalue weighted by atomic mass is 10.2. The average molecular weight is 508 g/mol. The van der Waals surface area contributed by atoms with E-state index in [0.29, 0.717) is 29.2 Å². The largest absolute Gasteiger partial charge is 0.438 e. The van der Waals surface area contributed by atoms with Gasteiger partial charge in [-0.3, -0.25) is 0 Å². The Morgan fingerprint density at radius 1 is 1.06 bits per heavy atom. The molecular formula is C22H20F7N2O2P. The van der Waals surface area contributed by atoms with Crippen molar-refractivity contribution in [3.05, 3.63) is 77.9 Å². The van der Waals surface area contributed by atoms with Crippen LogP contribution in [0.25, 0.3) is 0 Å². The molecule has 2 aromatic carbocycles. The lowest BCUT2D eigenvalue weighted by Crippen LogP contribution is -2.25. The van der Waals surface area contributed by atoms with E-state index < -0.39 is 48.1 Å². The summed E-state index contributed by atoms with van der Waals surface area (Å²) >= 11 is 0. The fourth-order valence-corrected chi connectivity index (χ4v) is 3.53.